The maximum atomic E-state index is 6.49. The Bertz CT molecular complexity index is 482. The monoisotopic (exact) mass is 281 g/mol. The number of ether oxygens (including phenoxy) is 1. The SMILES string of the molecule is Cc1cc(C(N)C2CC(C)(C)OC2(C)C)ccc1Cl. The molecule has 0 saturated carbocycles. The summed E-state index contributed by atoms with van der Waals surface area (Å²) in [7, 11) is 0. The number of halogens is 1. The van der Waals surface area contributed by atoms with Crippen molar-refractivity contribution >= 4 is 11.6 Å². The Labute approximate surface area is 121 Å². The molecule has 1 aromatic carbocycles. The largest absolute Gasteiger partial charge is 0.369 e. The predicted molar refractivity (Wildman–Crippen MR) is 80.5 cm³/mol. The van der Waals surface area contributed by atoms with Crippen LogP contribution in [0.5, 0.6) is 0 Å². The van der Waals surface area contributed by atoms with Crippen molar-refractivity contribution in [1.82, 2.24) is 0 Å². The lowest BCUT2D eigenvalue weighted by molar-refractivity contribution is -0.0767. The van der Waals surface area contributed by atoms with Crippen molar-refractivity contribution in [1.29, 1.82) is 0 Å². The molecule has 1 aliphatic heterocycles. The van der Waals surface area contributed by atoms with E-state index < -0.39 is 0 Å². The summed E-state index contributed by atoms with van der Waals surface area (Å²) in [5.41, 5.74) is 8.41. The Kier molecular flexibility index (Phi) is 3.72. The van der Waals surface area contributed by atoms with E-state index in [1.165, 1.54) is 0 Å². The Morgan fingerprint density at radius 2 is 1.95 bits per heavy atom. The Morgan fingerprint density at radius 1 is 1.32 bits per heavy atom. The smallest absolute Gasteiger partial charge is 0.0680 e. The van der Waals surface area contributed by atoms with Crippen molar-refractivity contribution in [3.8, 4) is 0 Å². The summed E-state index contributed by atoms with van der Waals surface area (Å²) in [5.74, 6) is 0.308. The molecular weight excluding hydrogens is 258 g/mol. The van der Waals surface area contributed by atoms with Crippen LogP contribution in [0.4, 0.5) is 0 Å². The number of aryl methyl sites for hydroxylation is 1. The normalized spacial score (nSPS) is 26.4. The molecule has 106 valence electrons. The summed E-state index contributed by atoms with van der Waals surface area (Å²) >= 11 is 6.08. The fraction of sp³-hybridized carbons (Fsp3) is 0.625. The van der Waals surface area contributed by atoms with Gasteiger partial charge >= 0.3 is 0 Å². The van der Waals surface area contributed by atoms with Gasteiger partial charge in [0.15, 0.2) is 0 Å². The number of benzene rings is 1. The maximum Gasteiger partial charge on any atom is 0.0680 e. The third-order valence-corrected chi connectivity index (χ3v) is 4.57. The standard InChI is InChI=1S/C16H24ClNO/c1-10-8-11(6-7-13(10)17)14(18)12-9-15(2,3)19-16(12,4)5/h6-8,12,14H,9,18H2,1-5H3. The van der Waals surface area contributed by atoms with E-state index >= 15 is 0 Å². The zero-order chi connectivity index (χ0) is 14.4. The van der Waals surface area contributed by atoms with E-state index in [1.54, 1.807) is 0 Å². The molecule has 0 radical (unpaired) electrons. The van der Waals surface area contributed by atoms with E-state index in [9.17, 15) is 0 Å². The lowest BCUT2D eigenvalue weighted by Gasteiger charge is -2.31. The minimum atomic E-state index is -0.198. The van der Waals surface area contributed by atoms with E-state index in [4.69, 9.17) is 22.1 Å². The Hall–Kier alpha value is -0.570. The first-order valence-electron chi connectivity index (χ1n) is 6.84. The number of nitrogens with two attached hydrogens (primary N) is 1. The van der Waals surface area contributed by atoms with E-state index in [0.717, 1.165) is 22.6 Å². The van der Waals surface area contributed by atoms with Crippen LogP contribution in [-0.4, -0.2) is 11.2 Å². The molecule has 0 bridgehead atoms. The molecule has 2 atom stereocenters. The second-order valence-corrected chi connectivity index (χ2v) is 7.22. The highest BCUT2D eigenvalue weighted by molar-refractivity contribution is 6.31. The van der Waals surface area contributed by atoms with Crippen LogP contribution in [0, 0.1) is 12.8 Å². The Morgan fingerprint density at radius 3 is 2.42 bits per heavy atom. The fourth-order valence-electron chi connectivity index (χ4n) is 3.27. The molecule has 3 heteroatoms. The number of hydrogen-bond donors (Lipinski definition) is 1. The van der Waals surface area contributed by atoms with Gasteiger partial charge in [-0.2, -0.15) is 0 Å². The number of hydrogen-bond acceptors (Lipinski definition) is 2. The van der Waals surface area contributed by atoms with Crippen molar-refractivity contribution < 1.29 is 4.74 Å². The van der Waals surface area contributed by atoms with Gasteiger partial charge in [-0.05, 0) is 58.2 Å². The molecule has 1 aromatic rings. The lowest BCUT2D eigenvalue weighted by Crippen LogP contribution is -2.35. The van der Waals surface area contributed by atoms with Crippen LogP contribution in [0.2, 0.25) is 5.02 Å². The van der Waals surface area contributed by atoms with Gasteiger partial charge in [-0.25, -0.2) is 0 Å². The first-order valence-corrected chi connectivity index (χ1v) is 7.22. The molecule has 1 heterocycles. The molecular formula is C16H24ClNO. The van der Waals surface area contributed by atoms with E-state index in [2.05, 4.69) is 33.8 Å². The molecule has 0 amide bonds. The highest BCUT2D eigenvalue weighted by Gasteiger charge is 2.48. The first-order chi connectivity index (χ1) is 8.62. The summed E-state index contributed by atoms with van der Waals surface area (Å²) in [5, 5.41) is 0.790. The molecule has 2 rings (SSSR count). The summed E-state index contributed by atoms with van der Waals surface area (Å²) in [4.78, 5) is 0. The van der Waals surface area contributed by atoms with Crippen LogP contribution in [0.15, 0.2) is 18.2 Å². The zero-order valence-corrected chi connectivity index (χ0v) is 13.2. The number of rotatable bonds is 2. The minimum Gasteiger partial charge on any atom is -0.369 e. The van der Waals surface area contributed by atoms with Crippen molar-refractivity contribution in [2.45, 2.75) is 58.3 Å². The second kappa shape index (κ2) is 4.76. The van der Waals surface area contributed by atoms with Crippen molar-refractivity contribution in [3.63, 3.8) is 0 Å². The molecule has 2 nitrogen and oxygen atoms in total. The molecule has 0 aliphatic carbocycles. The van der Waals surface area contributed by atoms with Gasteiger partial charge in [0.2, 0.25) is 0 Å². The summed E-state index contributed by atoms with van der Waals surface area (Å²) in [6, 6.07) is 6.03. The third-order valence-electron chi connectivity index (χ3n) is 4.14. The van der Waals surface area contributed by atoms with Gasteiger partial charge in [0.1, 0.15) is 0 Å². The molecule has 1 saturated heterocycles. The summed E-state index contributed by atoms with van der Waals surface area (Å²) in [6.07, 6.45) is 0.975. The van der Waals surface area contributed by atoms with Crippen LogP contribution in [0.1, 0.15) is 51.3 Å². The van der Waals surface area contributed by atoms with Gasteiger partial charge < -0.3 is 10.5 Å². The third kappa shape index (κ3) is 2.96. The van der Waals surface area contributed by atoms with Gasteiger partial charge in [0.05, 0.1) is 11.2 Å². The average molecular weight is 282 g/mol. The van der Waals surface area contributed by atoms with Crippen LogP contribution in [-0.2, 0) is 4.74 Å². The van der Waals surface area contributed by atoms with Gasteiger partial charge in [0, 0.05) is 17.0 Å². The first kappa shape index (κ1) is 14.8. The zero-order valence-electron chi connectivity index (χ0n) is 12.5. The van der Waals surface area contributed by atoms with Crippen LogP contribution in [0.25, 0.3) is 0 Å². The van der Waals surface area contributed by atoms with Crippen molar-refractivity contribution in [2.24, 2.45) is 11.7 Å². The van der Waals surface area contributed by atoms with Gasteiger partial charge in [0.25, 0.3) is 0 Å². The summed E-state index contributed by atoms with van der Waals surface area (Å²) < 4.78 is 6.14. The molecule has 1 fully saturated rings. The second-order valence-electron chi connectivity index (χ2n) is 6.81. The molecule has 0 aromatic heterocycles. The topological polar surface area (TPSA) is 35.2 Å². The highest BCUT2D eigenvalue weighted by Crippen LogP contribution is 2.47. The predicted octanol–water partition coefficient (Wildman–Crippen LogP) is 4.24. The van der Waals surface area contributed by atoms with Crippen LogP contribution < -0.4 is 5.73 Å². The minimum absolute atomic E-state index is 0.0206. The van der Waals surface area contributed by atoms with E-state index in [-0.39, 0.29) is 17.2 Å². The lowest BCUT2D eigenvalue weighted by atomic mass is 9.79. The maximum absolute atomic E-state index is 6.49. The molecule has 1 aliphatic rings. The van der Waals surface area contributed by atoms with Crippen molar-refractivity contribution in [3.05, 3.63) is 34.3 Å². The van der Waals surface area contributed by atoms with Crippen LogP contribution in [0.3, 0.4) is 0 Å². The van der Waals surface area contributed by atoms with Gasteiger partial charge in [-0.15, -0.1) is 0 Å². The molecule has 19 heavy (non-hydrogen) atoms. The van der Waals surface area contributed by atoms with Crippen LogP contribution >= 0.6 is 11.6 Å². The average Bonchev–Trinajstić information content (AvgIpc) is 2.49. The summed E-state index contributed by atoms with van der Waals surface area (Å²) in [6.45, 7) is 10.5. The van der Waals surface area contributed by atoms with Gasteiger partial charge in [-0.1, -0.05) is 23.7 Å². The van der Waals surface area contributed by atoms with E-state index in [1.807, 2.05) is 19.1 Å². The molecule has 2 N–H and O–H groups in total. The fourth-order valence-corrected chi connectivity index (χ4v) is 3.39. The van der Waals surface area contributed by atoms with E-state index in [0.29, 0.717) is 5.92 Å². The van der Waals surface area contributed by atoms with Crippen molar-refractivity contribution in [2.75, 3.05) is 0 Å². The van der Waals surface area contributed by atoms with Gasteiger partial charge in [-0.3, -0.25) is 0 Å². The highest BCUT2D eigenvalue weighted by atomic mass is 35.5. The Balaban J connectivity index is 2.28. The molecule has 0 spiro atoms. The quantitative estimate of drug-likeness (QED) is 0.880. The molecule has 2 unspecified atom stereocenters.